The van der Waals surface area contributed by atoms with Gasteiger partial charge in [-0.05, 0) is 37.1 Å². The third kappa shape index (κ3) is 3.38. The SMILES string of the molecule is CCCOc1ccccc1NC(=O)c1ccccc1C. The lowest BCUT2D eigenvalue weighted by Gasteiger charge is -2.12. The second kappa shape index (κ2) is 6.75. The minimum Gasteiger partial charge on any atom is -0.491 e. The summed E-state index contributed by atoms with van der Waals surface area (Å²) in [6.45, 7) is 4.61. The number of hydrogen-bond acceptors (Lipinski definition) is 2. The molecule has 2 rings (SSSR count). The van der Waals surface area contributed by atoms with E-state index in [0.29, 0.717) is 23.6 Å². The van der Waals surface area contributed by atoms with E-state index in [1.165, 1.54) is 0 Å². The number of para-hydroxylation sites is 2. The van der Waals surface area contributed by atoms with E-state index in [0.717, 1.165) is 12.0 Å². The minimum atomic E-state index is -0.115. The summed E-state index contributed by atoms with van der Waals surface area (Å²) in [4.78, 5) is 12.3. The summed E-state index contributed by atoms with van der Waals surface area (Å²) in [6, 6.07) is 15.0. The van der Waals surface area contributed by atoms with Gasteiger partial charge in [0, 0.05) is 5.56 Å². The van der Waals surface area contributed by atoms with E-state index in [4.69, 9.17) is 4.74 Å². The Bertz CT molecular complexity index is 593. The van der Waals surface area contributed by atoms with Crippen molar-refractivity contribution in [2.75, 3.05) is 11.9 Å². The lowest BCUT2D eigenvalue weighted by atomic mass is 10.1. The molecule has 0 radical (unpaired) electrons. The van der Waals surface area contributed by atoms with E-state index in [9.17, 15) is 4.79 Å². The van der Waals surface area contributed by atoms with Crippen LogP contribution in [0.3, 0.4) is 0 Å². The Hall–Kier alpha value is -2.29. The number of rotatable bonds is 5. The van der Waals surface area contributed by atoms with Gasteiger partial charge in [-0.3, -0.25) is 4.79 Å². The van der Waals surface area contributed by atoms with Crippen LogP contribution < -0.4 is 10.1 Å². The molecule has 0 aliphatic heterocycles. The van der Waals surface area contributed by atoms with Crippen LogP contribution in [-0.2, 0) is 0 Å². The minimum absolute atomic E-state index is 0.115. The smallest absolute Gasteiger partial charge is 0.256 e. The second-order valence-electron chi connectivity index (χ2n) is 4.61. The van der Waals surface area contributed by atoms with E-state index in [1.54, 1.807) is 0 Å². The highest BCUT2D eigenvalue weighted by Gasteiger charge is 2.11. The first-order chi connectivity index (χ1) is 9.72. The summed E-state index contributed by atoms with van der Waals surface area (Å²) < 4.78 is 5.64. The maximum absolute atomic E-state index is 12.3. The van der Waals surface area contributed by atoms with Gasteiger partial charge in [0.15, 0.2) is 0 Å². The molecule has 0 aliphatic rings. The van der Waals surface area contributed by atoms with Crippen molar-refractivity contribution in [3.8, 4) is 5.75 Å². The Labute approximate surface area is 119 Å². The van der Waals surface area contributed by atoms with Crippen molar-refractivity contribution >= 4 is 11.6 Å². The molecule has 0 unspecified atom stereocenters. The van der Waals surface area contributed by atoms with Crippen LogP contribution in [0.15, 0.2) is 48.5 Å². The van der Waals surface area contributed by atoms with Crippen LogP contribution in [0.1, 0.15) is 29.3 Å². The Morgan fingerprint density at radius 2 is 1.80 bits per heavy atom. The predicted octanol–water partition coefficient (Wildman–Crippen LogP) is 4.04. The summed E-state index contributed by atoms with van der Waals surface area (Å²) in [6.07, 6.45) is 0.931. The topological polar surface area (TPSA) is 38.3 Å². The fraction of sp³-hybridized carbons (Fsp3) is 0.235. The highest BCUT2D eigenvalue weighted by Crippen LogP contribution is 2.24. The summed E-state index contributed by atoms with van der Waals surface area (Å²) in [5.41, 5.74) is 2.34. The van der Waals surface area contributed by atoms with Gasteiger partial charge >= 0.3 is 0 Å². The van der Waals surface area contributed by atoms with Gasteiger partial charge in [0.25, 0.3) is 5.91 Å². The van der Waals surface area contributed by atoms with Crippen LogP contribution in [0.5, 0.6) is 5.75 Å². The average Bonchev–Trinajstić information content (AvgIpc) is 2.46. The maximum Gasteiger partial charge on any atom is 0.256 e. The highest BCUT2D eigenvalue weighted by molar-refractivity contribution is 6.05. The van der Waals surface area contributed by atoms with E-state index < -0.39 is 0 Å². The zero-order valence-corrected chi connectivity index (χ0v) is 11.8. The Balaban J connectivity index is 2.18. The standard InChI is InChI=1S/C17H19NO2/c1-3-12-20-16-11-7-6-10-15(16)18-17(19)14-9-5-4-8-13(14)2/h4-11H,3,12H2,1-2H3,(H,18,19). The number of carbonyl (C=O) groups excluding carboxylic acids is 1. The molecule has 1 amide bonds. The molecule has 2 aromatic rings. The van der Waals surface area contributed by atoms with E-state index in [-0.39, 0.29) is 5.91 Å². The van der Waals surface area contributed by atoms with Crippen LogP contribution in [0.2, 0.25) is 0 Å². The number of anilines is 1. The lowest BCUT2D eigenvalue weighted by Crippen LogP contribution is -2.14. The largest absolute Gasteiger partial charge is 0.491 e. The molecule has 104 valence electrons. The fourth-order valence-corrected chi connectivity index (χ4v) is 1.93. The first kappa shape index (κ1) is 14.1. The van der Waals surface area contributed by atoms with Crippen molar-refractivity contribution in [2.24, 2.45) is 0 Å². The Morgan fingerprint density at radius 3 is 2.55 bits per heavy atom. The van der Waals surface area contributed by atoms with Gasteiger partial charge in [0.1, 0.15) is 5.75 Å². The Kier molecular flexibility index (Phi) is 4.77. The first-order valence-electron chi connectivity index (χ1n) is 6.81. The molecule has 3 nitrogen and oxygen atoms in total. The molecule has 0 bridgehead atoms. The quantitative estimate of drug-likeness (QED) is 0.889. The molecule has 0 saturated heterocycles. The van der Waals surface area contributed by atoms with Crippen molar-refractivity contribution < 1.29 is 9.53 Å². The first-order valence-corrected chi connectivity index (χ1v) is 6.81. The highest BCUT2D eigenvalue weighted by atomic mass is 16.5. The molecule has 2 aromatic carbocycles. The van der Waals surface area contributed by atoms with E-state index in [1.807, 2.05) is 55.5 Å². The molecule has 3 heteroatoms. The number of benzene rings is 2. The van der Waals surface area contributed by atoms with Crippen LogP contribution in [-0.4, -0.2) is 12.5 Å². The van der Waals surface area contributed by atoms with Crippen molar-refractivity contribution in [2.45, 2.75) is 20.3 Å². The van der Waals surface area contributed by atoms with Gasteiger partial charge in [0.05, 0.1) is 12.3 Å². The van der Waals surface area contributed by atoms with Crippen molar-refractivity contribution in [1.82, 2.24) is 0 Å². The van der Waals surface area contributed by atoms with Gasteiger partial charge in [-0.15, -0.1) is 0 Å². The molecule has 0 saturated carbocycles. The normalized spacial score (nSPS) is 10.1. The third-order valence-corrected chi connectivity index (χ3v) is 2.99. The number of carbonyl (C=O) groups is 1. The maximum atomic E-state index is 12.3. The number of ether oxygens (including phenoxy) is 1. The predicted molar refractivity (Wildman–Crippen MR) is 81.4 cm³/mol. The molecule has 0 atom stereocenters. The zero-order valence-electron chi connectivity index (χ0n) is 11.8. The van der Waals surface area contributed by atoms with Crippen LogP contribution in [0.25, 0.3) is 0 Å². The van der Waals surface area contributed by atoms with Crippen molar-refractivity contribution in [1.29, 1.82) is 0 Å². The molecule has 20 heavy (non-hydrogen) atoms. The van der Waals surface area contributed by atoms with Crippen molar-refractivity contribution in [3.05, 3.63) is 59.7 Å². The average molecular weight is 269 g/mol. The van der Waals surface area contributed by atoms with Crippen LogP contribution in [0, 0.1) is 6.92 Å². The third-order valence-electron chi connectivity index (χ3n) is 2.99. The monoisotopic (exact) mass is 269 g/mol. The fourth-order valence-electron chi connectivity index (χ4n) is 1.93. The zero-order chi connectivity index (χ0) is 14.4. The molecule has 0 fully saturated rings. The molecule has 0 aromatic heterocycles. The Morgan fingerprint density at radius 1 is 1.10 bits per heavy atom. The number of hydrogen-bond donors (Lipinski definition) is 1. The summed E-state index contributed by atoms with van der Waals surface area (Å²) in [7, 11) is 0. The van der Waals surface area contributed by atoms with Crippen LogP contribution >= 0.6 is 0 Å². The lowest BCUT2D eigenvalue weighted by molar-refractivity contribution is 0.102. The van der Waals surface area contributed by atoms with Gasteiger partial charge in [-0.25, -0.2) is 0 Å². The molecule has 0 spiro atoms. The van der Waals surface area contributed by atoms with Gasteiger partial charge in [0.2, 0.25) is 0 Å². The van der Waals surface area contributed by atoms with E-state index in [2.05, 4.69) is 12.2 Å². The number of amides is 1. The molecule has 1 N–H and O–H groups in total. The number of aryl methyl sites for hydroxylation is 1. The summed E-state index contributed by atoms with van der Waals surface area (Å²) in [5.74, 6) is 0.590. The van der Waals surface area contributed by atoms with Crippen LogP contribution in [0.4, 0.5) is 5.69 Å². The van der Waals surface area contributed by atoms with Gasteiger partial charge in [-0.1, -0.05) is 37.3 Å². The molecule has 0 heterocycles. The summed E-state index contributed by atoms with van der Waals surface area (Å²) >= 11 is 0. The second-order valence-corrected chi connectivity index (χ2v) is 4.61. The van der Waals surface area contributed by atoms with Crippen molar-refractivity contribution in [3.63, 3.8) is 0 Å². The molecular formula is C17H19NO2. The van der Waals surface area contributed by atoms with Gasteiger partial charge < -0.3 is 10.1 Å². The molecular weight excluding hydrogens is 250 g/mol. The summed E-state index contributed by atoms with van der Waals surface area (Å²) in [5, 5.41) is 2.91. The number of nitrogens with one attached hydrogen (secondary N) is 1. The van der Waals surface area contributed by atoms with E-state index >= 15 is 0 Å². The van der Waals surface area contributed by atoms with Gasteiger partial charge in [-0.2, -0.15) is 0 Å². The molecule has 0 aliphatic carbocycles.